The van der Waals surface area contributed by atoms with Crippen molar-refractivity contribution in [3.8, 4) is 11.3 Å². The number of rotatable bonds is 4. The predicted molar refractivity (Wildman–Crippen MR) is 96.4 cm³/mol. The molecule has 0 aliphatic heterocycles. The first-order chi connectivity index (χ1) is 12.0. The molecule has 3 aromatic rings. The number of fused-ring (bicyclic) bond motifs is 1. The lowest BCUT2D eigenvalue weighted by Crippen LogP contribution is -2.40. The van der Waals surface area contributed by atoms with Crippen LogP contribution in [0.1, 0.15) is 12.5 Å². The summed E-state index contributed by atoms with van der Waals surface area (Å²) < 4.78 is 10.0. The minimum absolute atomic E-state index is 0.200. The second kappa shape index (κ2) is 6.53. The molecule has 0 aliphatic carbocycles. The van der Waals surface area contributed by atoms with Crippen molar-refractivity contribution in [1.82, 2.24) is 4.98 Å². The highest BCUT2D eigenvalue weighted by molar-refractivity contribution is 5.87. The molecule has 1 N–H and O–H groups in total. The van der Waals surface area contributed by atoms with Gasteiger partial charge in [-0.2, -0.15) is 0 Å². The number of hydrogen-bond donors (Lipinski definition) is 1. The molecule has 0 bridgehead atoms. The lowest BCUT2D eigenvalue weighted by molar-refractivity contribution is -0.165. The van der Waals surface area contributed by atoms with Crippen molar-refractivity contribution in [3.63, 3.8) is 0 Å². The summed E-state index contributed by atoms with van der Waals surface area (Å²) in [6, 6.07) is 17.3. The van der Waals surface area contributed by atoms with E-state index in [0.717, 1.165) is 16.3 Å². The number of aromatic nitrogens is 1. The van der Waals surface area contributed by atoms with Crippen molar-refractivity contribution in [2.45, 2.75) is 12.5 Å². The second-order valence-electron chi connectivity index (χ2n) is 5.91. The summed E-state index contributed by atoms with van der Waals surface area (Å²) in [6.45, 7) is 1.51. The van der Waals surface area contributed by atoms with Crippen molar-refractivity contribution in [3.05, 3.63) is 70.5 Å². The van der Waals surface area contributed by atoms with Crippen LogP contribution in [0.5, 0.6) is 0 Å². The van der Waals surface area contributed by atoms with Crippen LogP contribution in [0.4, 0.5) is 0 Å². The highest BCUT2D eigenvalue weighted by atomic mass is 16.6. The van der Waals surface area contributed by atoms with Crippen LogP contribution >= 0.6 is 0 Å². The van der Waals surface area contributed by atoms with E-state index in [2.05, 4.69) is 4.98 Å². The zero-order chi connectivity index (χ0) is 18.0. The number of carbonyl (C=O) groups excluding carboxylic acids is 1. The molecule has 1 heterocycles. The maximum absolute atomic E-state index is 12.6. The fraction of sp³-hybridized carbons (Fsp3) is 0.200. The Balaban J connectivity index is 2.07. The van der Waals surface area contributed by atoms with E-state index in [0.29, 0.717) is 5.69 Å². The van der Waals surface area contributed by atoms with Gasteiger partial charge < -0.3 is 14.5 Å². The molecular formula is C20H19NO4. The Morgan fingerprint density at radius 1 is 1.00 bits per heavy atom. The number of pyridine rings is 1. The standard InChI is InChI=1S/C20H19NO4/c1-20(25-3,19(23)24-2)16-10-11-17(21-18(16)22)15-9-8-13-6-4-5-7-14(13)12-15/h4-12H,1-3H3,(H,21,22). The van der Waals surface area contributed by atoms with Gasteiger partial charge in [-0.15, -0.1) is 0 Å². The number of H-pyrrole nitrogens is 1. The molecule has 0 saturated carbocycles. The first-order valence-corrected chi connectivity index (χ1v) is 7.86. The van der Waals surface area contributed by atoms with Crippen LogP contribution in [0.2, 0.25) is 0 Å². The van der Waals surface area contributed by atoms with E-state index in [-0.39, 0.29) is 11.1 Å². The van der Waals surface area contributed by atoms with Gasteiger partial charge in [0.15, 0.2) is 5.60 Å². The number of esters is 1. The van der Waals surface area contributed by atoms with Gasteiger partial charge in [0.2, 0.25) is 0 Å². The topological polar surface area (TPSA) is 68.4 Å². The van der Waals surface area contributed by atoms with Crippen molar-refractivity contribution in [1.29, 1.82) is 0 Å². The van der Waals surface area contributed by atoms with E-state index in [9.17, 15) is 9.59 Å². The van der Waals surface area contributed by atoms with Crippen LogP contribution in [0.15, 0.2) is 59.4 Å². The molecule has 5 heteroatoms. The first kappa shape index (κ1) is 16.9. The number of methoxy groups -OCH3 is 2. The Labute approximate surface area is 145 Å². The third-order valence-corrected chi connectivity index (χ3v) is 4.47. The summed E-state index contributed by atoms with van der Waals surface area (Å²) in [6.07, 6.45) is 0. The van der Waals surface area contributed by atoms with E-state index >= 15 is 0 Å². The lowest BCUT2D eigenvalue weighted by Gasteiger charge is -2.24. The van der Waals surface area contributed by atoms with Crippen LogP contribution in [0.3, 0.4) is 0 Å². The zero-order valence-electron chi connectivity index (χ0n) is 14.3. The highest BCUT2D eigenvalue weighted by Crippen LogP contribution is 2.26. The highest BCUT2D eigenvalue weighted by Gasteiger charge is 2.39. The molecule has 0 fully saturated rings. The fourth-order valence-corrected chi connectivity index (χ4v) is 2.87. The minimum atomic E-state index is -1.45. The third-order valence-electron chi connectivity index (χ3n) is 4.47. The molecule has 2 aromatic carbocycles. The SMILES string of the molecule is COC(=O)C(C)(OC)c1ccc(-c2ccc3ccccc3c2)[nH]c1=O. The summed E-state index contributed by atoms with van der Waals surface area (Å²) in [5.74, 6) is -0.626. The van der Waals surface area contributed by atoms with Crippen LogP contribution in [-0.2, 0) is 19.9 Å². The largest absolute Gasteiger partial charge is 0.467 e. The van der Waals surface area contributed by atoms with Crippen LogP contribution in [0.25, 0.3) is 22.0 Å². The van der Waals surface area contributed by atoms with E-state index in [1.807, 2.05) is 42.5 Å². The Bertz CT molecular complexity index is 992. The van der Waals surface area contributed by atoms with Gasteiger partial charge >= 0.3 is 5.97 Å². The maximum Gasteiger partial charge on any atom is 0.342 e. The monoisotopic (exact) mass is 337 g/mol. The van der Waals surface area contributed by atoms with Crippen molar-refractivity contribution in [2.24, 2.45) is 0 Å². The van der Waals surface area contributed by atoms with Gasteiger partial charge in [-0.3, -0.25) is 4.79 Å². The van der Waals surface area contributed by atoms with E-state index in [1.54, 1.807) is 12.1 Å². The van der Waals surface area contributed by atoms with Crippen molar-refractivity contribution < 1.29 is 14.3 Å². The Hall–Kier alpha value is -2.92. The minimum Gasteiger partial charge on any atom is -0.467 e. The number of ether oxygens (including phenoxy) is 2. The number of carbonyl (C=O) groups is 1. The van der Waals surface area contributed by atoms with Gasteiger partial charge in [-0.1, -0.05) is 36.4 Å². The second-order valence-corrected chi connectivity index (χ2v) is 5.91. The third kappa shape index (κ3) is 2.94. The molecule has 1 unspecified atom stereocenters. The van der Waals surface area contributed by atoms with Crippen molar-refractivity contribution >= 4 is 16.7 Å². The molecule has 5 nitrogen and oxygen atoms in total. The molecule has 1 atom stereocenters. The zero-order valence-corrected chi connectivity index (χ0v) is 14.3. The van der Waals surface area contributed by atoms with Gasteiger partial charge in [-0.05, 0) is 41.5 Å². The average molecular weight is 337 g/mol. The smallest absolute Gasteiger partial charge is 0.342 e. The molecule has 0 amide bonds. The first-order valence-electron chi connectivity index (χ1n) is 7.86. The molecule has 0 aliphatic rings. The molecule has 0 radical (unpaired) electrons. The molecule has 0 saturated heterocycles. The number of aromatic amines is 1. The lowest BCUT2D eigenvalue weighted by atomic mass is 9.96. The fourth-order valence-electron chi connectivity index (χ4n) is 2.87. The van der Waals surface area contributed by atoms with Gasteiger partial charge in [0.25, 0.3) is 5.56 Å². The Morgan fingerprint density at radius 2 is 1.72 bits per heavy atom. The number of benzene rings is 2. The summed E-state index contributed by atoms with van der Waals surface area (Å²) >= 11 is 0. The van der Waals surface area contributed by atoms with Crippen molar-refractivity contribution in [2.75, 3.05) is 14.2 Å². The van der Waals surface area contributed by atoms with E-state index in [1.165, 1.54) is 21.1 Å². The molecule has 3 rings (SSSR count). The maximum atomic E-state index is 12.6. The molecule has 0 spiro atoms. The normalized spacial score (nSPS) is 13.4. The quantitative estimate of drug-likeness (QED) is 0.742. The van der Waals surface area contributed by atoms with Crippen LogP contribution < -0.4 is 5.56 Å². The summed E-state index contributed by atoms with van der Waals surface area (Å²) in [4.78, 5) is 27.4. The molecule has 25 heavy (non-hydrogen) atoms. The molecule has 128 valence electrons. The summed E-state index contributed by atoms with van der Waals surface area (Å²) in [5, 5.41) is 2.21. The molecule has 1 aromatic heterocycles. The number of nitrogens with one attached hydrogen (secondary N) is 1. The van der Waals surface area contributed by atoms with Gasteiger partial charge in [-0.25, -0.2) is 4.79 Å². The molecular weight excluding hydrogens is 318 g/mol. The van der Waals surface area contributed by atoms with Crippen LogP contribution in [0, 0.1) is 0 Å². The predicted octanol–water partition coefficient (Wildman–Crippen LogP) is 3.23. The van der Waals surface area contributed by atoms with Crippen LogP contribution in [-0.4, -0.2) is 25.2 Å². The van der Waals surface area contributed by atoms with E-state index in [4.69, 9.17) is 9.47 Å². The van der Waals surface area contributed by atoms with Gasteiger partial charge in [0.1, 0.15) is 0 Å². The van der Waals surface area contributed by atoms with Gasteiger partial charge in [0, 0.05) is 12.8 Å². The average Bonchev–Trinajstić information content (AvgIpc) is 2.66. The summed E-state index contributed by atoms with van der Waals surface area (Å²) in [5.41, 5.74) is -0.0845. The summed E-state index contributed by atoms with van der Waals surface area (Å²) in [7, 11) is 2.63. The van der Waals surface area contributed by atoms with E-state index < -0.39 is 11.6 Å². The van der Waals surface area contributed by atoms with Gasteiger partial charge in [0.05, 0.1) is 12.7 Å². The Morgan fingerprint density at radius 3 is 2.36 bits per heavy atom. The Kier molecular flexibility index (Phi) is 4.42. The number of hydrogen-bond acceptors (Lipinski definition) is 4.